The largest absolute Gasteiger partial charge is 0.299 e. The van der Waals surface area contributed by atoms with Crippen LogP contribution in [0.2, 0.25) is 0 Å². The molecule has 3 nitrogen and oxygen atoms in total. The van der Waals surface area contributed by atoms with E-state index in [4.69, 9.17) is 0 Å². The molecule has 0 bridgehead atoms. The highest BCUT2D eigenvalue weighted by molar-refractivity contribution is 5.15. The lowest BCUT2D eigenvalue weighted by molar-refractivity contribution is 0.166. The number of likely N-dealkylation sites (N-methyl/N-ethyl adjacent to an activating group) is 1. The Morgan fingerprint density at radius 3 is 2.43 bits per heavy atom. The molecule has 1 aromatic carbocycles. The molecule has 0 aliphatic carbocycles. The zero-order valence-corrected chi connectivity index (χ0v) is 14.1. The van der Waals surface area contributed by atoms with Gasteiger partial charge in [-0.2, -0.15) is 0 Å². The Labute approximate surface area is 140 Å². The molecule has 0 saturated carbocycles. The second-order valence-corrected chi connectivity index (χ2v) is 6.44. The van der Waals surface area contributed by atoms with E-state index in [1.165, 1.54) is 37.1 Å². The number of pyridine rings is 1. The number of hydrogen-bond acceptors (Lipinski definition) is 3. The Bertz CT molecular complexity index is 528. The van der Waals surface area contributed by atoms with Crippen LogP contribution in [0.1, 0.15) is 30.9 Å². The molecule has 1 saturated heterocycles. The first-order valence-corrected chi connectivity index (χ1v) is 8.74. The summed E-state index contributed by atoms with van der Waals surface area (Å²) in [6, 6.07) is 15.8. The molecule has 1 aromatic heterocycles. The highest BCUT2D eigenvalue weighted by Gasteiger charge is 2.25. The average Bonchev–Trinajstić information content (AvgIpc) is 3.04. The summed E-state index contributed by atoms with van der Waals surface area (Å²) >= 11 is 0. The SMILES string of the molecule is CCN1CCC[C@@H]1CN(Cc1ccccc1)Cc1ccncc1. The minimum Gasteiger partial charge on any atom is -0.299 e. The first kappa shape index (κ1) is 16.2. The summed E-state index contributed by atoms with van der Waals surface area (Å²) in [4.78, 5) is 9.35. The Hall–Kier alpha value is -1.71. The van der Waals surface area contributed by atoms with Gasteiger partial charge in [0.25, 0.3) is 0 Å². The minimum absolute atomic E-state index is 0.700. The van der Waals surface area contributed by atoms with Gasteiger partial charge in [-0.15, -0.1) is 0 Å². The van der Waals surface area contributed by atoms with Crippen molar-refractivity contribution in [2.75, 3.05) is 19.6 Å². The van der Waals surface area contributed by atoms with Crippen LogP contribution in [0.15, 0.2) is 54.9 Å². The molecule has 0 amide bonds. The van der Waals surface area contributed by atoms with Crippen molar-refractivity contribution in [3.63, 3.8) is 0 Å². The molecule has 122 valence electrons. The normalized spacial score (nSPS) is 18.6. The number of benzene rings is 1. The lowest BCUT2D eigenvalue weighted by Crippen LogP contribution is -2.39. The fourth-order valence-corrected chi connectivity index (χ4v) is 3.59. The van der Waals surface area contributed by atoms with Crippen molar-refractivity contribution in [1.29, 1.82) is 0 Å². The van der Waals surface area contributed by atoms with Gasteiger partial charge >= 0.3 is 0 Å². The molecule has 0 unspecified atom stereocenters. The summed E-state index contributed by atoms with van der Waals surface area (Å²) in [5.74, 6) is 0. The van der Waals surface area contributed by atoms with Gasteiger partial charge in [0.1, 0.15) is 0 Å². The zero-order valence-electron chi connectivity index (χ0n) is 14.1. The van der Waals surface area contributed by atoms with E-state index in [1.807, 2.05) is 12.4 Å². The van der Waals surface area contributed by atoms with Gasteiger partial charge in [0.2, 0.25) is 0 Å². The first-order valence-electron chi connectivity index (χ1n) is 8.74. The van der Waals surface area contributed by atoms with E-state index in [0.717, 1.165) is 19.6 Å². The zero-order chi connectivity index (χ0) is 15.9. The molecule has 0 spiro atoms. The van der Waals surface area contributed by atoms with Crippen LogP contribution in [0.25, 0.3) is 0 Å². The third-order valence-corrected chi connectivity index (χ3v) is 4.78. The smallest absolute Gasteiger partial charge is 0.0271 e. The molecule has 3 rings (SSSR count). The van der Waals surface area contributed by atoms with E-state index in [1.54, 1.807) is 0 Å². The van der Waals surface area contributed by atoms with Crippen LogP contribution in [-0.4, -0.2) is 40.5 Å². The second-order valence-electron chi connectivity index (χ2n) is 6.44. The Morgan fingerprint density at radius 1 is 1.04 bits per heavy atom. The topological polar surface area (TPSA) is 19.4 Å². The number of hydrogen-bond donors (Lipinski definition) is 0. The molecule has 3 heteroatoms. The summed E-state index contributed by atoms with van der Waals surface area (Å²) in [6.07, 6.45) is 6.45. The van der Waals surface area contributed by atoms with E-state index in [2.05, 4.69) is 64.2 Å². The Balaban J connectivity index is 1.70. The summed E-state index contributed by atoms with van der Waals surface area (Å²) < 4.78 is 0. The van der Waals surface area contributed by atoms with Gasteiger partial charge in [0, 0.05) is 38.1 Å². The lowest BCUT2D eigenvalue weighted by atomic mass is 10.1. The van der Waals surface area contributed by atoms with Crippen molar-refractivity contribution in [2.45, 2.75) is 38.9 Å². The number of rotatable bonds is 7. The predicted molar refractivity (Wildman–Crippen MR) is 95.1 cm³/mol. The number of aromatic nitrogens is 1. The Kier molecular flexibility index (Phi) is 5.78. The van der Waals surface area contributed by atoms with Gasteiger partial charge in [-0.3, -0.25) is 14.8 Å². The average molecular weight is 309 g/mol. The first-order chi connectivity index (χ1) is 11.3. The van der Waals surface area contributed by atoms with Gasteiger partial charge in [0.05, 0.1) is 0 Å². The highest BCUT2D eigenvalue weighted by Crippen LogP contribution is 2.20. The molecule has 2 heterocycles. The minimum atomic E-state index is 0.700. The molecule has 23 heavy (non-hydrogen) atoms. The summed E-state index contributed by atoms with van der Waals surface area (Å²) in [5.41, 5.74) is 2.74. The number of nitrogens with zero attached hydrogens (tertiary/aromatic N) is 3. The predicted octanol–water partition coefficient (Wildman–Crippen LogP) is 3.57. The van der Waals surface area contributed by atoms with Crippen molar-refractivity contribution < 1.29 is 0 Å². The maximum atomic E-state index is 4.14. The molecule has 1 aliphatic rings. The molecule has 1 fully saturated rings. The fourth-order valence-electron chi connectivity index (χ4n) is 3.59. The monoisotopic (exact) mass is 309 g/mol. The van der Waals surface area contributed by atoms with Crippen molar-refractivity contribution in [2.24, 2.45) is 0 Å². The van der Waals surface area contributed by atoms with Crippen LogP contribution < -0.4 is 0 Å². The summed E-state index contributed by atoms with van der Waals surface area (Å²) in [5, 5.41) is 0. The molecular formula is C20H27N3. The molecule has 0 radical (unpaired) electrons. The Morgan fingerprint density at radius 2 is 1.74 bits per heavy atom. The van der Waals surface area contributed by atoms with Crippen molar-refractivity contribution >= 4 is 0 Å². The van der Waals surface area contributed by atoms with Gasteiger partial charge in [-0.05, 0) is 49.2 Å². The third kappa shape index (κ3) is 4.63. The van der Waals surface area contributed by atoms with Crippen molar-refractivity contribution in [1.82, 2.24) is 14.8 Å². The molecule has 1 atom stereocenters. The highest BCUT2D eigenvalue weighted by atomic mass is 15.2. The van der Waals surface area contributed by atoms with Gasteiger partial charge in [0.15, 0.2) is 0 Å². The third-order valence-electron chi connectivity index (χ3n) is 4.78. The van der Waals surface area contributed by atoms with E-state index >= 15 is 0 Å². The second kappa shape index (κ2) is 8.23. The summed E-state index contributed by atoms with van der Waals surface area (Å²) in [6.45, 7) is 7.85. The van der Waals surface area contributed by atoms with Crippen LogP contribution in [0.5, 0.6) is 0 Å². The van der Waals surface area contributed by atoms with Crippen LogP contribution in [0.4, 0.5) is 0 Å². The van der Waals surface area contributed by atoms with Crippen molar-refractivity contribution in [3.05, 3.63) is 66.0 Å². The van der Waals surface area contributed by atoms with Crippen LogP contribution >= 0.6 is 0 Å². The quantitative estimate of drug-likeness (QED) is 0.779. The van der Waals surface area contributed by atoms with E-state index in [-0.39, 0.29) is 0 Å². The lowest BCUT2D eigenvalue weighted by Gasteiger charge is -2.30. The molecule has 2 aromatic rings. The molecular weight excluding hydrogens is 282 g/mol. The number of likely N-dealkylation sites (tertiary alicyclic amines) is 1. The van der Waals surface area contributed by atoms with Crippen molar-refractivity contribution in [3.8, 4) is 0 Å². The maximum Gasteiger partial charge on any atom is 0.0271 e. The fraction of sp³-hybridized carbons (Fsp3) is 0.450. The van der Waals surface area contributed by atoms with Crippen LogP contribution in [0.3, 0.4) is 0 Å². The van der Waals surface area contributed by atoms with Crippen LogP contribution in [-0.2, 0) is 13.1 Å². The molecule has 1 aliphatic heterocycles. The van der Waals surface area contributed by atoms with Crippen LogP contribution in [0, 0.1) is 0 Å². The van der Waals surface area contributed by atoms with Gasteiger partial charge in [-0.1, -0.05) is 37.3 Å². The summed E-state index contributed by atoms with van der Waals surface area (Å²) in [7, 11) is 0. The van der Waals surface area contributed by atoms with E-state index in [0.29, 0.717) is 6.04 Å². The van der Waals surface area contributed by atoms with E-state index < -0.39 is 0 Å². The maximum absolute atomic E-state index is 4.14. The molecule has 0 N–H and O–H groups in total. The standard InChI is InChI=1S/C20H27N3/c1-2-23-14-6-9-20(23)17-22(15-18-7-4-3-5-8-18)16-19-10-12-21-13-11-19/h3-5,7-8,10-13,20H,2,6,9,14-17H2,1H3/t20-/m1/s1. The van der Waals surface area contributed by atoms with Gasteiger partial charge in [-0.25, -0.2) is 0 Å². The van der Waals surface area contributed by atoms with Gasteiger partial charge < -0.3 is 0 Å². The van der Waals surface area contributed by atoms with E-state index in [9.17, 15) is 0 Å².